The van der Waals surface area contributed by atoms with Crippen molar-refractivity contribution in [1.82, 2.24) is 0 Å². The van der Waals surface area contributed by atoms with Gasteiger partial charge in [-0.1, -0.05) is 4.44 Å². The lowest BCUT2D eigenvalue weighted by Crippen LogP contribution is -1.91. The second-order valence-electron chi connectivity index (χ2n) is 0.638. The van der Waals surface area contributed by atoms with E-state index in [9.17, 15) is 4.79 Å². The van der Waals surface area contributed by atoms with Crippen molar-refractivity contribution in [3.8, 4) is 0 Å². The quantitative estimate of drug-likeness (QED) is 0.295. The minimum atomic E-state index is -0.565. The summed E-state index contributed by atoms with van der Waals surface area (Å²) < 4.78 is 3.43. The highest BCUT2D eigenvalue weighted by Crippen LogP contribution is 1.80. The van der Waals surface area contributed by atoms with Gasteiger partial charge >= 0.3 is 5.97 Å². The van der Waals surface area contributed by atoms with Gasteiger partial charge < -0.3 is 0 Å². The normalized spacial score (nSPS) is 6.57. The van der Waals surface area contributed by atoms with Crippen molar-refractivity contribution in [1.29, 1.82) is 0 Å². The summed E-state index contributed by atoms with van der Waals surface area (Å²) >= 11 is 4.45. The van der Waals surface area contributed by atoms with E-state index in [1.165, 1.54) is 6.92 Å². The van der Waals surface area contributed by atoms with Crippen LogP contribution in [0.2, 0.25) is 0 Å². The summed E-state index contributed by atoms with van der Waals surface area (Å²) in [4.78, 5) is 13.3. The van der Waals surface area contributed by atoms with Crippen LogP contribution in [-0.4, -0.2) is 23.3 Å². The van der Waals surface area contributed by atoms with E-state index < -0.39 is 5.97 Å². The fourth-order valence-corrected chi connectivity index (χ4v) is 0.133. The van der Waals surface area contributed by atoms with E-state index >= 15 is 0 Å². The zero-order valence-corrected chi connectivity index (χ0v) is 5.59. The molecular weight excluding hydrogens is 134 g/mol. The van der Waals surface area contributed by atoms with Crippen molar-refractivity contribution in [3.63, 3.8) is 0 Å². The summed E-state index contributed by atoms with van der Waals surface area (Å²) in [6.07, 6.45) is 0. The molecule has 0 saturated carbocycles. The van der Waals surface area contributed by atoms with Crippen molar-refractivity contribution in [2.75, 3.05) is 0 Å². The molecule has 0 rings (SSSR count). The first-order valence-corrected chi connectivity index (χ1v) is 1.54. The fourth-order valence-electron chi connectivity index (χ4n) is 0.0444. The van der Waals surface area contributed by atoms with Crippen LogP contribution >= 0.6 is 11.9 Å². The number of carbonyl (C=O) groups excluding carboxylic acids is 1. The molecular formula is C2H3AlClO3. The van der Waals surface area contributed by atoms with Crippen LogP contribution < -0.4 is 0 Å². The third-order valence-corrected chi connectivity index (χ3v) is 0.212. The molecule has 7 heavy (non-hydrogen) atoms. The average molecular weight is 137 g/mol. The molecule has 0 aromatic heterocycles. The molecule has 5 heteroatoms. The average Bonchev–Trinajstić information content (AvgIpc) is 1.35. The van der Waals surface area contributed by atoms with Gasteiger partial charge in [0, 0.05) is 24.3 Å². The van der Waals surface area contributed by atoms with Gasteiger partial charge in [-0.05, 0) is 0 Å². The van der Waals surface area contributed by atoms with Crippen molar-refractivity contribution in [3.05, 3.63) is 0 Å². The summed E-state index contributed by atoms with van der Waals surface area (Å²) in [5.41, 5.74) is 0. The largest absolute Gasteiger partial charge is 0.341 e. The molecule has 0 aromatic rings. The molecule has 0 fully saturated rings. The van der Waals surface area contributed by atoms with Crippen LogP contribution in [-0.2, 0) is 14.1 Å². The zero-order chi connectivity index (χ0) is 4.99. The minimum absolute atomic E-state index is 0. The van der Waals surface area contributed by atoms with E-state index in [4.69, 9.17) is 0 Å². The van der Waals surface area contributed by atoms with Gasteiger partial charge in [-0.25, -0.2) is 4.79 Å². The molecule has 0 aliphatic heterocycles. The molecule has 39 valence electrons. The third-order valence-electron chi connectivity index (χ3n) is 0.149. The predicted molar refractivity (Wildman–Crippen MR) is 24.5 cm³/mol. The Morgan fingerprint density at radius 1 is 1.71 bits per heavy atom. The Morgan fingerprint density at radius 3 is 2.14 bits per heavy atom. The molecule has 0 bridgehead atoms. The van der Waals surface area contributed by atoms with Crippen molar-refractivity contribution in [2.24, 2.45) is 0 Å². The number of halogens is 1. The smallest absolute Gasteiger partial charge is 0.281 e. The van der Waals surface area contributed by atoms with Crippen LogP contribution in [0.1, 0.15) is 6.92 Å². The van der Waals surface area contributed by atoms with E-state index in [1.807, 2.05) is 0 Å². The first-order chi connectivity index (χ1) is 2.77. The highest BCUT2D eigenvalue weighted by atomic mass is 35.5. The molecule has 3 radical (unpaired) electrons. The SMILES string of the molecule is CC(=O)OOCl.[Al]. The Balaban J connectivity index is 0. The van der Waals surface area contributed by atoms with Crippen LogP contribution in [0.15, 0.2) is 0 Å². The number of rotatable bonds is 1. The summed E-state index contributed by atoms with van der Waals surface area (Å²) in [6, 6.07) is 0. The first-order valence-electron chi connectivity index (χ1n) is 1.23. The molecule has 0 spiro atoms. The topological polar surface area (TPSA) is 35.5 Å². The van der Waals surface area contributed by atoms with E-state index in [0.29, 0.717) is 0 Å². The van der Waals surface area contributed by atoms with Crippen molar-refractivity contribution in [2.45, 2.75) is 6.92 Å². The highest BCUT2D eigenvalue weighted by molar-refractivity contribution is 6.07. The second-order valence-corrected chi connectivity index (χ2v) is 0.764. The molecule has 0 unspecified atom stereocenters. The lowest BCUT2D eigenvalue weighted by molar-refractivity contribution is -0.208. The minimum Gasteiger partial charge on any atom is -0.281 e. The highest BCUT2D eigenvalue weighted by Gasteiger charge is 1.85. The van der Waals surface area contributed by atoms with Crippen molar-refractivity contribution < 1.29 is 14.1 Å². The maximum Gasteiger partial charge on any atom is 0.341 e. The Labute approximate surface area is 56.8 Å². The van der Waals surface area contributed by atoms with E-state index in [-0.39, 0.29) is 17.4 Å². The summed E-state index contributed by atoms with van der Waals surface area (Å²) in [5, 5.41) is 0. The maximum atomic E-state index is 9.61. The lowest BCUT2D eigenvalue weighted by Gasteiger charge is -1.83. The van der Waals surface area contributed by atoms with Gasteiger partial charge in [0.15, 0.2) is 0 Å². The summed E-state index contributed by atoms with van der Waals surface area (Å²) in [7, 11) is 0. The molecule has 0 aromatic carbocycles. The lowest BCUT2D eigenvalue weighted by atomic mass is 10.9. The number of hydrogen-bond donors (Lipinski definition) is 0. The Kier molecular flexibility index (Phi) is 9.18. The van der Waals surface area contributed by atoms with Gasteiger partial charge in [0.05, 0.1) is 0 Å². The predicted octanol–water partition coefficient (Wildman–Crippen LogP) is 0.254. The molecule has 0 heterocycles. The molecule has 0 aliphatic carbocycles. The van der Waals surface area contributed by atoms with E-state index in [1.54, 1.807) is 0 Å². The molecule has 0 atom stereocenters. The summed E-state index contributed by atoms with van der Waals surface area (Å²) in [5.74, 6) is -0.565. The molecule has 0 aliphatic rings. The second kappa shape index (κ2) is 6.25. The molecule has 3 nitrogen and oxygen atoms in total. The van der Waals surface area contributed by atoms with Crippen LogP contribution in [0, 0.1) is 0 Å². The number of carbonyl (C=O) groups is 1. The van der Waals surface area contributed by atoms with Gasteiger partial charge in [0.2, 0.25) is 0 Å². The molecule has 0 N–H and O–H groups in total. The van der Waals surface area contributed by atoms with Crippen LogP contribution in [0.25, 0.3) is 0 Å². The van der Waals surface area contributed by atoms with E-state index in [0.717, 1.165) is 0 Å². The Hall–Kier alpha value is 0.252. The zero-order valence-electron chi connectivity index (χ0n) is 3.68. The first kappa shape index (κ1) is 10.3. The van der Waals surface area contributed by atoms with Gasteiger partial charge in [0.25, 0.3) is 0 Å². The molecule has 0 saturated heterocycles. The van der Waals surface area contributed by atoms with Gasteiger partial charge in [-0.2, -0.15) is 0 Å². The van der Waals surface area contributed by atoms with Gasteiger partial charge in [-0.15, -0.1) is 0 Å². The summed E-state index contributed by atoms with van der Waals surface area (Å²) in [6.45, 7) is 1.18. The molecule has 0 amide bonds. The third kappa shape index (κ3) is 10.7. The van der Waals surface area contributed by atoms with E-state index in [2.05, 4.69) is 21.2 Å². The maximum absolute atomic E-state index is 9.61. The monoisotopic (exact) mass is 137 g/mol. The van der Waals surface area contributed by atoms with Crippen LogP contribution in [0.3, 0.4) is 0 Å². The van der Waals surface area contributed by atoms with Gasteiger partial charge in [0.1, 0.15) is 11.9 Å². The standard InChI is InChI=1S/C2H3ClO3.Al/c1-2(4)5-6-3;/h1H3;. The Bertz CT molecular complexity index is 56.9. The van der Waals surface area contributed by atoms with Gasteiger partial charge in [-0.3, -0.25) is 4.89 Å². The van der Waals surface area contributed by atoms with Crippen molar-refractivity contribution >= 4 is 35.2 Å². The number of hydrogen-bond acceptors (Lipinski definition) is 3. The van der Waals surface area contributed by atoms with Crippen LogP contribution in [0.5, 0.6) is 0 Å². The fraction of sp³-hybridized carbons (Fsp3) is 0.500. The Morgan fingerprint density at radius 2 is 2.14 bits per heavy atom. The van der Waals surface area contributed by atoms with Crippen LogP contribution in [0.4, 0.5) is 0 Å².